The number of rotatable bonds is 2. The first-order valence-corrected chi connectivity index (χ1v) is 6.32. The van der Waals surface area contributed by atoms with E-state index < -0.39 is 5.60 Å². The van der Waals surface area contributed by atoms with Crippen molar-refractivity contribution in [2.45, 2.75) is 37.7 Å². The summed E-state index contributed by atoms with van der Waals surface area (Å²) in [6.45, 7) is 0. The van der Waals surface area contributed by atoms with E-state index in [1.165, 1.54) is 0 Å². The maximum absolute atomic E-state index is 10.4. The Morgan fingerprint density at radius 2 is 1.82 bits per heavy atom. The zero-order valence-electron chi connectivity index (χ0n) is 9.89. The molecule has 88 valence electrons. The largest absolute Gasteiger partial charge is 0.389 e. The molecule has 0 spiro atoms. The molecule has 1 aromatic carbocycles. The first-order chi connectivity index (χ1) is 8.25. The number of benzene rings is 1. The van der Waals surface area contributed by atoms with E-state index in [9.17, 15) is 5.11 Å². The predicted molar refractivity (Wildman–Crippen MR) is 68.9 cm³/mol. The summed E-state index contributed by atoms with van der Waals surface area (Å²) < 4.78 is 0. The average molecular weight is 227 g/mol. The fraction of sp³-hybridized carbons (Fsp3) is 0.400. The number of para-hydroxylation sites is 1. The molecule has 1 fully saturated rings. The van der Waals surface area contributed by atoms with Crippen LogP contribution in [-0.2, 0) is 6.42 Å². The van der Waals surface area contributed by atoms with Gasteiger partial charge in [0.1, 0.15) is 0 Å². The van der Waals surface area contributed by atoms with Gasteiger partial charge in [0, 0.05) is 17.5 Å². The van der Waals surface area contributed by atoms with Crippen molar-refractivity contribution in [1.82, 2.24) is 4.98 Å². The second-order valence-electron chi connectivity index (χ2n) is 5.10. The molecule has 0 radical (unpaired) electrons. The van der Waals surface area contributed by atoms with Gasteiger partial charge in [-0.25, -0.2) is 0 Å². The van der Waals surface area contributed by atoms with Gasteiger partial charge in [0.05, 0.1) is 11.1 Å². The molecule has 2 nitrogen and oxygen atoms in total. The van der Waals surface area contributed by atoms with Gasteiger partial charge in [-0.15, -0.1) is 0 Å². The molecule has 0 atom stereocenters. The van der Waals surface area contributed by atoms with Crippen LogP contribution in [0.3, 0.4) is 0 Å². The zero-order valence-corrected chi connectivity index (χ0v) is 9.89. The maximum Gasteiger partial charge on any atom is 0.0705 e. The van der Waals surface area contributed by atoms with Crippen molar-refractivity contribution in [2.24, 2.45) is 0 Å². The lowest BCUT2D eigenvalue weighted by Gasteiger charge is -2.21. The third-order valence-electron chi connectivity index (χ3n) is 3.70. The molecule has 0 bridgehead atoms. The van der Waals surface area contributed by atoms with Gasteiger partial charge in [-0.1, -0.05) is 37.1 Å². The lowest BCUT2D eigenvalue weighted by Crippen LogP contribution is -2.27. The minimum Gasteiger partial charge on any atom is -0.389 e. The molecule has 0 unspecified atom stereocenters. The summed E-state index contributed by atoms with van der Waals surface area (Å²) in [4.78, 5) is 4.62. The normalized spacial score (nSPS) is 18.6. The van der Waals surface area contributed by atoms with Crippen molar-refractivity contribution < 1.29 is 5.11 Å². The Labute approximate surface area is 101 Å². The Balaban J connectivity index is 1.90. The van der Waals surface area contributed by atoms with Crippen molar-refractivity contribution in [3.63, 3.8) is 0 Å². The minimum absolute atomic E-state index is 0.505. The molecule has 2 aromatic rings. The molecule has 3 rings (SSSR count). The van der Waals surface area contributed by atoms with Crippen LogP contribution in [0.15, 0.2) is 36.4 Å². The van der Waals surface area contributed by atoms with Gasteiger partial charge in [-0.05, 0) is 25.0 Å². The molecule has 1 saturated carbocycles. The summed E-state index contributed by atoms with van der Waals surface area (Å²) in [6.07, 6.45) is 4.81. The lowest BCUT2D eigenvalue weighted by molar-refractivity contribution is 0.0473. The highest BCUT2D eigenvalue weighted by molar-refractivity contribution is 5.78. The van der Waals surface area contributed by atoms with Crippen LogP contribution in [0, 0.1) is 0 Å². The molecule has 1 heterocycles. The van der Waals surface area contributed by atoms with Crippen LogP contribution in [0.25, 0.3) is 10.9 Å². The van der Waals surface area contributed by atoms with Gasteiger partial charge in [0.15, 0.2) is 0 Å². The lowest BCUT2D eigenvalue weighted by atomic mass is 9.95. The first kappa shape index (κ1) is 10.7. The average Bonchev–Trinajstić information content (AvgIpc) is 2.76. The Hall–Kier alpha value is -1.41. The van der Waals surface area contributed by atoms with Crippen LogP contribution in [-0.4, -0.2) is 15.7 Å². The summed E-state index contributed by atoms with van der Waals surface area (Å²) in [6, 6.07) is 12.3. The number of aromatic nitrogens is 1. The van der Waals surface area contributed by atoms with Crippen LogP contribution in [0.4, 0.5) is 0 Å². The predicted octanol–water partition coefficient (Wildman–Crippen LogP) is 3.08. The molecule has 1 aromatic heterocycles. The molecule has 1 aliphatic rings. The smallest absolute Gasteiger partial charge is 0.0705 e. The summed E-state index contributed by atoms with van der Waals surface area (Å²) in [5.74, 6) is 0. The highest BCUT2D eigenvalue weighted by atomic mass is 16.3. The number of hydrogen-bond acceptors (Lipinski definition) is 2. The van der Waals surface area contributed by atoms with Gasteiger partial charge >= 0.3 is 0 Å². The first-order valence-electron chi connectivity index (χ1n) is 6.32. The van der Waals surface area contributed by atoms with E-state index >= 15 is 0 Å². The summed E-state index contributed by atoms with van der Waals surface area (Å²) >= 11 is 0. The third-order valence-corrected chi connectivity index (χ3v) is 3.70. The molecule has 1 N–H and O–H groups in total. The van der Waals surface area contributed by atoms with Crippen LogP contribution < -0.4 is 0 Å². The Bertz CT molecular complexity index is 529. The van der Waals surface area contributed by atoms with Crippen LogP contribution in [0.2, 0.25) is 0 Å². The highest BCUT2D eigenvalue weighted by Crippen LogP contribution is 2.32. The molecule has 1 aliphatic carbocycles. The fourth-order valence-corrected chi connectivity index (χ4v) is 2.75. The van der Waals surface area contributed by atoms with Gasteiger partial charge in [-0.2, -0.15) is 0 Å². The van der Waals surface area contributed by atoms with Gasteiger partial charge in [0.2, 0.25) is 0 Å². The van der Waals surface area contributed by atoms with Crippen LogP contribution >= 0.6 is 0 Å². The minimum atomic E-state index is -0.505. The summed E-state index contributed by atoms with van der Waals surface area (Å²) in [5, 5.41) is 11.5. The van der Waals surface area contributed by atoms with Crippen molar-refractivity contribution in [1.29, 1.82) is 0 Å². The molecule has 17 heavy (non-hydrogen) atoms. The van der Waals surface area contributed by atoms with Crippen molar-refractivity contribution >= 4 is 10.9 Å². The Morgan fingerprint density at radius 3 is 2.65 bits per heavy atom. The zero-order chi connectivity index (χ0) is 11.7. The second-order valence-corrected chi connectivity index (χ2v) is 5.10. The van der Waals surface area contributed by atoms with Gasteiger partial charge < -0.3 is 5.11 Å². The fourth-order valence-electron chi connectivity index (χ4n) is 2.75. The molecule has 0 saturated heterocycles. The van der Waals surface area contributed by atoms with Gasteiger partial charge in [-0.3, -0.25) is 4.98 Å². The van der Waals surface area contributed by atoms with Crippen molar-refractivity contribution in [3.05, 3.63) is 42.1 Å². The Kier molecular flexibility index (Phi) is 2.60. The Morgan fingerprint density at radius 1 is 1.06 bits per heavy atom. The van der Waals surface area contributed by atoms with E-state index in [0.29, 0.717) is 6.42 Å². The molecule has 0 aliphatic heterocycles. The van der Waals surface area contributed by atoms with Crippen molar-refractivity contribution in [2.75, 3.05) is 0 Å². The second kappa shape index (κ2) is 4.11. The van der Waals surface area contributed by atoms with E-state index in [1.807, 2.05) is 24.3 Å². The van der Waals surface area contributed by atoms with Gasteiger partial charge in [0.25, 0.3) is 0 Å². The standard InChI is InChI=1S/C15H17NO/c17-15(9-3-4-10-15)11-13-8-7-12-5-1-2-6-14(12)16-13/h1-2,5-8,17H,3-4,9-11H2. The number of pyridine rings is 1. The molecule has 2 heteroatoms. The summed E-state index contributed by atoms with van der Waals surface area (Å²) in [7, 11) is 0. The highest BCUT2D eigenvalue weighted by Gasteiger charge is 2.31. The maximum atomic E-state index is 10.4. The number of aliphatic hydroxyl groups is 1. The SMILES string of the molecule is OC1(Cc2ccc3ccccc3n2)CCCC1. The van der Waals surface area contributed by atoms with E-state index in [-0.39, 0.29) is 0 Å². The van der Waals surface area contributed by atoms with Crippen molar-refractivity contribution in [3.8, 4) is 0 Å². The number of nitrogens with zero attached hydrogens (tertiary/aromatic N) is 1. The topological polar surface area (TPSA) is 33.1 Å². The summed E-state index contributed by atoms with van der Waals surface area (Å²) in [5.41, 5.74) is 1.52. The van der Waals surface area contributed by atoms with Crippen LogP contribution in [0.1, 0.15) is 31.4 Å². The van der Waals surface area contributed by atoms with E-state index in [1.54, 1.807) is 0 Å². The quantitative estimate of drug-likeness (QED) is 0.855. The van der Waals surface area contributed by atoms with E-state index in [0.717, 1.165) is 42.3 Å². The molecular weight excluding hydrogens is 210 g/mol. The van der Waals surface area contributed by atoms with Crippen LogP contribution in [0.5, 0.6) is 0 Å². The molecule has 0 amide bonds. The number of fused-ring (bicyclic) bond motifs is 1. The molecular formula is C15H17NO. The number of hydrogen-bond donors (Lipinski definition) is 1. The monoisotopic (exact) mass is 227 g/mol. The third kappa shape index (κ3) is 2.18. The van der Waals surface area contributed by atoms with E-state index in [2.05, 4.69) is 17.1 Å². The van der Waals surface area contributed by atoms with E-state index in [4.69, 9.17) is 0 Å².